The second-order valence-electron chi connectivity index (χ2n) is 4.32. The molecule has 112 valence electrons. The summed E-state index contributed by atoms with van der Waals surface area (Å²) in [6, 6.07) is 1.70. The van der Waals surface area contributed by atoms with Gasteiger partial charge in [0.05, 0.1) is 6.61 Å². The zero-order valence-corrected chi connectivity index (χ0v) is 12.5. The number of hydrogen-bond acceptors (Lipinski definition) is 7. The van der Waals surface area contributed by atoms with Crippen molar-refractivity contribution in [1.29, 1.82) is 0 Å². The van der Waals surface area contributed by atoms with E-state index < -0.39 is 43.2 Å². The van der Waals surface area contributed by atoms with E-state index in [-0.39, 0.29) is 0 Å². The fourth-order valence-electron chi connectivity index (χ4n) is 1.87. The Balaban J connectivity index is 2.08. The number of ether oxygens (including phenoxy) is 1. The van der Waals surface area contributed by atoms with Gasteiger partial charge in [-0.1, -0.05) is 0 Å². The van der Waals surface area contributed by atoms with Crippen LogP contribution in [0.4, 0.5) is 0 Å². The Morgan fingerprint density at radius 1 is 1.35 bits per heavy atom. The second-order valence-corrected chi connectivity index (χ2v) is 6.09. The Hall–Kier alpha value is -0.550. The predicted molar refractivity (Wildman–Crippen MR) is 73.3 cm³/mol. The minimum Gasteiger partial charge on any atom is -0.394 e. The lowest BCUT2D eigenvalue weighted by molar-refractivity contribution is -0.233. The van der Waals surface area contributed by atoms with Gasteiger partial charge in [0.2, 0.25) is 0 Å². The molecule has 9 heteroatoms. The molecule has 1 amide bonds. The van der Waals surface area contributed by atoms with Gasteiger partial charge in [0.1, 0.15) is 29.3 Å². The maximum atomic E-state index is 12.0. The van der Waals surface area contributed by atoms with Crippen molar-refractivity contribution < 1.29 is 30.0 Å². The first-order valence-corrected chi connectivity index (χ1v) is 7.47. The predicted octanol–water partition coefficient (Wildman–Crippen LogP) is -0.960. The SMILES string of the molecule is O=C(NC1O[C@H](CO)[C@@H](O)[C@H](O)[C@H]1O)c1sccc1Br. The molecule has 0 spiro atoms. The third-order valence-electron chi connectivity index (χ3n) is 2.99. The number of hydrogen-bond donors (Lipinski definition) is 5. The van der Waals surface area contributed by atoms with E-state index in [0.717, 1.165) is 0 Å². The Kier molecular flexibility index (Phi) is 5.13. The lowest BCUT2D eigenvalue weighted by Gasteiger charge is -2.40. The second kappa shape index (κ2) is 6.48. The summed E-state index contributed by atoms with van der Waals surface area (Å²) in [5.74, 6) is -0.490. The van der Waals surface area contributed by atoms with E-state index in [1.54, 1.807) is 11.4 Å². The Morgan fingerprint density at radius 2 is 2.05 bits per heavy atom. The van der Waals surface area contributed by atoms with Crippen LogP contribution in [0.3, 0.4) is 0 Å². The number of amides is 1. The lowest BCUT2D eigenvalue weighted by Crippen LogP contribution is -2.63. The van der Waals surface area contributed by atoms with E-state index in [4.69, 9.17) is 9.84 Å². The first kappa shape index (κ1) is 15.8. The van der Waals surface area contributed by atoms with E-state index in [1.807, 2.05) is 0 Å². The third-order valence-corrected chi connectivity index (χ3v) is 4.83. The third kappa shape index (κ3) is 3.03. The van der Waals surface area contributed by atoms with E-state index in [9.17, 15) is 20.1 Å². The van der Waals surface area contributed by atoms with Crippen molar-refractivity contribution in [3.8, 4) is 0 Å². The number of aliphatic hydroxyl groups is 4. The van der Waals surface area contributed by atoms with Crippen molar-refractivity contribution in [3.63, 3.8) is 0 Å². The highest BCUT2D eigenvalue weighted by molar-refractivity contribution is 9.10. The quantitative estimate of drug-likeness (QED) is 0.469. The van der Waals surface area contributed by atoms with Gasteiger partial charge in [0, 0.05) is 4.47 Å². The van der Waals surface area contributed by atoms with Gasteiger partial charge < -0.3 is 30.5 Å². The van der Waals surface area contributed by atoms with Gasteiger partial charge in [-0.25, -0.2) is 0 Å². The van der Waals surface area contributed by atoms with Crippen molar-refractivity contribution in [2.75, 3.05) is 6.61 Å². The number of nitrogens with one attached hydrogen (secondary N) is 1. The summed E-state index contributed by atoms with van der Waals surface area (Å²) in [4.78, 5) is 12.4. The summed E-state index contributed by atoms with van der Waals surface area (Å²) >= 11 is 4.41. The number of rotatable bonds is 3. The Bertz CT molecular complexity index is 481. The van der Waals surface area contributed by atoms with E-state index in [1.165, 1.54) is 11.3 Å². The monoisotopic (exact) mass is 367 g/mol. The molecule has 0 aliphatic carbocycles. The van der Waals surface area contributed by atoms with Crippen molar-refractivity contribution in [1.82, 2.24) is 5.32 Å². The molecule has 0 radical (unpaired) electrons. The molecule has 1 unspecified atom stereocenters. The van der Waals surface area contributed by atoms with Crippen LogP contribution in [0.15, 0.2) is 15.9 Å². The summed E-state index contributed by atoms with van der Waals surface area (Å²) in [6.45, 7) is -0.542. The van der Waals surface area contributed by atoms with Gasteiger partial charge in [0.25, 0.3) is 5.91 Å². The molecule has 1 aliphatic heterocycles. The highest BCUT2D eigenvalue weighted by Crippen LogP contribution is 2.24. The van der Waals surface area contributed by atoms with Gasteiger partial charge in [0.15, 0.2) is 6.23 Å². The van der Waals surface area contributed by atoms with Crippen LogP contribution in [-0.4, -0.2) is 63.6 Å². The largest absolute Gasteiger partial charge is 0.394 e. The van der Waals surface area contributed by atoms with Crippen LogP contribution >= 0.6 is 27.3 Å². The molecule has 2 rings (SSSR count). The Morgan fingerprint density at radius 3 is 2.60 bits per heavy atom. The van der Waals surface area contributed by atoms with Crippen molar-refractivity contribution in [3.05, 3.63) is 20.8 Å². The first-order valence-electron chi connectivity index (χ1n) is 5.80. The van der Waals surface area contributed by atoms with Crippen LogP contribution in [0, 0.1) is 0 Å². The molecule has 1 aromatic heterocycles. The summed E-state index contributed by atoms with van der Waals surface area (Å²) in [5, 5.41) is 42.2. The van der Waals surface area contributed by atoms with Crippen molar-refractivity contribution in [2.45, 2.75) is 30.6 Å². The van der Waals surface area contributed by atoms with Crippen molar-refractivity contribution >= 4 is 33.2 Å². The fraction of sp³-hybridized carbons (Fsp3) is 0.545. The first-order chi connectivity index (χ1) is 9.45. The normalized spacial score (nSPS) is 34.0. The molecular formula is C11H14BrNO6S. The fourth-order valence-corrected chi connectivity index (χ4v) is 3.33. The van der Waals surface area contributed by atoms with Gasteiger partial charge in [-0.15, -0.1) is 11.3 Å². The van der Waals surface area contributed by atoms with Crippen LogP contribution in [-0.2, 0) is 4.74 Å². The molecule has 1 fully saturated rings. The zero-order valence-electron chi connectivity index (χ0n) is 10.1. The average Bonchev–Trinajstić information content (AvgIpc) is 2.85. The van der Waals surface area contributed by atoms with Crippen LogP contribution < -0.4 is 5.32 Å². The topological polar surface area (TPSA) is 119 Å². The molecule has 7 nitrogen and oxygen atoms in total. The molecule has 1 aromatic rings. The minimum absolute atomic E-state index is 0.391. The molecule has 5 N–H and O–H groups in total. The number of carbonyl (C=O) groups excluding carboxylic acids is 1. The number of halogens is 1. The lowest BCUT2D eigenvalue weighted by atomic mass is 9.98. The molecule has 0 saturated carbocycles. The van der Waals surface area contributed by atoms with Crippen LogP contribution in [0.1, 0.15) is 9.67 Å². The molecule has 1 aliphatic rings. The number of carbonyl (C=O) groups is 1. The van der Waals surface area contributed by atoms with Gasteiger partial charge >= 0.3 is 0 Å². The smallest absolute Gasteiger partial charge is 0.264 e. The molecule has 20 heavy (non-hydrogen) atoms. The summed E-state index contributed by atoms with van der Waals surface area (Å²) in [7, 11) is 0. The summed E-state index contributed by atoms with van der Waals surface area (Å²) < 4.78 is 5.79. The maximum Gasteiger partial charge on any atom is 0.264 e. The molecule has 1 saturated heterocycles. The standard InChI is InChI=1S/C11H14BrNO6S/c12-4-1-2-20-9(4)10(18)13-11-8(17)7(16)6(15)5(3-14)19-11/h1-2,5-8,11,14-17H,3H2,(H,13,18)/t5-,6-,7+,8-,11?/m1/s1. The Labute approximate surface area is 126 Å². The molecular weight excluding hydrogens is 354 g/mol. The molecule has 0 aromatic carbocycles. The van der Waals surface area contributed by atoms with Crippen LogP contribution in [0.2, 0.25) is 0 Å². The van der Waals surface area contributed by atoms with E-state index >= 15 is 0 Å². The summed E-state index contributed by atoms with van der Waals surface area (Å²) in [6.07, 6.45) is -6.72. The molecule has 0 bridgehead atoms. The summed E-state index contributed by atoms with van der Waals surface area (Å²) in [5.41, 5.74) is 0. The van der Waals surface area contributed by atoms with Crippen molar-refractivity contribution in [2.24, 2.45) is 0 Å². The van der Waals surface area contributed by atoms with E-state index in [2.05, 4.69) is 21.2 Å². The van der Waals surface area contributed by atoms with E-state index in [0.29, 0.717) is 9.35 Å². The van der Waals surface area contributed by atoms with Gasteiger partial charge in [-0.2, -0.15) is 0 Å². The zero-order chi connectivity index (χ0) is 14.9. The van der Waals surface area contributed by atoms with Crippen LogP contribution in [0.5, 0.6) is 0 Å². The van der Waals surface area contributed by atoms with Gasteiger partial charge in [-0.3, -0.25) is 4.79 Å². The molecule has 5 atom stereocenters. The maximum absolute atomic E-state index is 12.0. The average molecular weight is 368 g/mol. The molecule has 2 heterocycles. The van der Waals surface area contributed by atoms with Gasteiger partial charge in [-0.05, 0) is 27.4 Å². The highest BCUT2D eigenvalue weighted by atomic mass is 79.9. The van der Waals surface area contributed by atoms with Crippen LogP contribution in [0.25, 0.3) is 0 Å². The number of aliphatic hydroxyl groups excluding tert-OH is 4. The highest BCUT2D eigenvalue weighted by Gasteiger charge is 2.44. The minimum atomic E-state index is -1.52. The number of thiophene rings is 1.